The first kappa shape index (κ1) is 47.2. The third-order valence-electron chi connectivity index (χ3n) is 12.3. The average molecular weight is 879 g/mol. The smallest absolute Gasteiger partial charge is 0.543 e. The van der Waals surface area contributed by atoms with Crippen molar-refractivity contribution in [3.05, 3.63) is 71.1 Å². The van der Waals surface area contributed by atoms with Crippen molar-refractivity contribution < 1.29 is 87.9 Å². The molecule has 0 bridgehead atoms. The summed E-state index contributed by atoms with van der Waals surface area (Å²) in [6, 6.07) is 13.4. The minimum absolute atomic E-state index is 0. The number of urea groups is 2. The third-order valence-corrected chi connectivity index (χ3v) is 12.3. The molecule has 0 spiro atoms. The van der Waals surface area contributed by atoms with Crippen LogP contribution in [-0.4, -0.2) is 143 Å². The van der Waals surface area contributed by atoms with Gasteiger partial charge in [-0.2, -0.15) is 0 Å². The van der Waals surface area contributed by atoms with Crippen LogP contribution in [0.2, 0.25) is 0 Å². The van der Waals surface area contributed by atoms with Crippen LogP contribution >= 0.6 is 0 Å². The predicted octanol–water partition coefficient (Wildman–Crippen LogP) is -1.39. The van der Waals surface area contributed by atoms with Crippen molar-refractivity contribution in [1.29, 1.82) is 0 Å². The fourth-order valence-corrected chi connectivity index (χ4v) is 8.91. The van der Waals surface area contributed by atoms with Crippen LogP contribution in [-0.2, 0) is 33.4 Å². The molecule has 2 N–H and O–H groups in total. The second-order valence-electron chi connectivity index (χ2n) is 17.5. The second kappa shape index (κ2) is 18.1. The molecule has 6 aliphatic rings. The molecule has 2 aromatic rings. The molecule has 0 aromatic heterocycles. The van der Waals surface area contributed by atoms with E-state index >= 15 is 0 Å². The van der Waals surface area contributed by atoms with Gasteiger partial charge in [0.15, 0.2) is 0 Å². The number of amides is 6. The number of esters is 2. The van der Waals surface area contributed by atoms with Crippen molar-refractivity contribution in [2.45, 2.75) is 71.8 Å². The summed E-state index contributed by atoms with van der Waals surface area (Å²) in [6.07, 6.45) is -0.955. The maximum atomic E-state index is 13.0. The van der Waals surface area contributed by atoms with E-state index in [2.05, 4.69) is 0 Å². The number of benzene rings is 2. The van der Waals surface area contributed by atoms with Crippen LogP contribution < -0.4 is 44.5 Å². The average Bonchev–Trinajstić information content (AvgIpc) is 3.95. The Hall–Kier alpha value is -5.27. The van der Waals surface area contributed by atoms with Crippen LogP contribution in [0.3, 0.4) is 0 Å². The molecule has 330 valence electrons. The van der Waals surface area contributed by atoms with Crippen LogP contribution in [0, 0.1) is 17.3 Å². The van der Waals surface area contributed by atoms with Gasteiger partial charge in [-0.15, -0.1) is 0 Å². The summed E-state index contributed by atoms with van der Waals surface area (Å²) in [4.78, 5) is 95.4. The van der Waals surface area contributed by atoms with E-state index in [-0.39, 0.29) is 76.9 Å². The number of likely N-dealkylation sites (N-methyl/N-ethyl adjacent to an activating group) is 2. The zero-order valence-electron chi connectivity index (χ0n) is 36.7. The van der Waals surface area contributed by atoms with Gasteiger partial charge in [-0.1, -0.05) is 24.3 Å². The Morgan fingerprint density at radius 2 is 1.08 bits per heavy atom. The summed E-state index contributed by atoms with van der Waals surface area (Å²) in [6.45, 7) is 10.1. The van der Waals surface area contributed by atoms with Gasteiger partial charge in [0, 0.05) is 51.6 Å². The molecule has 0 aliphatic carbocycles. The van der Waals surface area contributed by atoms with E-state index < -0.39 is 54.2 Å². The zero-order valence-corrected chi connectivity index (χ0v) is 38.7. The van der Waals surface area contributed by atoms with E-state index in [1.807, 2.05) is 0 Å². The summed E-state index contributed by atoms with van der Waals surface area (Å²) in [5.41, 5.74) is 3.20. The molecule has 0 unspecified atom stereocenters. The molecule has 6 atom stereocenters. The van der Waals surface area contributed by atoms with Crippen LogP contribution in [0.25, 0.3) is 11.1 Å². The summed E-state index contributed by atoms with van der Waals surface area (Å²) in [7, 11) is 3.49. The maximum absolute atomic E-state index is 13.0. The SMILES string of the molecule is C[C@@H](O)[C@H]1C(=O)N2C(C(=O)OCOC(=O)C(C)(C)C)=C(c3ccc(N4CCN(C)C4=O)cc3)C[C@H]12.C[C@@H](O)[C@H]1C(=O)N2C(C(=O)[O-])=C(c3ccc(N4CCN(C)C4=O)cc3)C[C@H]12.[Na+]. The third kappa shape index (κ3) is 8.58. The number of ether oxygens (including phenoxy) is 2. The number of carboxylic acids is 1. The fraction of sp³-hybridized carbons (Fsp3) is 0.477. The molecule has 63 heavy (non-hydrogen) atoms. The van der Waals surface area contributed by atoms with Crippen molar-refractivity contribution in [2.75, 3.05) is 56.9 Å². The summed E-state index contributed by atoms with van der Waals surface area (Å²) < 4.78 is 10.3. The summed E-state index contributed by atoms with van der Waals surface area (Å²) in [5, 5.41) is 31.5. The number of hydrogen-bond acceptors (Lipinski definition) is 12. The van der Waals surface area contributed by atoms with Gasteiger partial charge in [-0.05, 0) is 94.0 Å². The normalized spacial score (nSPS) is 23.8. The number of rotatable bonds is 10. The number of hydrogen-bond donors (Lipinski definition) is 2. The van der Waals surface area contributed by atoms with E-state index in [1.54, 1.807) is 110 Å². The molecule has 18 nitrogen and oxygen atoms in total. The molecule has 19 heteroatoms. The number of anilines is 2. The van der Waals surface area contributed by atoms with E-state index in [0.717, 1.165) is 11.4 Å². The Bertz CT molecular complexity index is 2270. The second-order valence-corrected chi connectivity index (χ2v) is 17.5. The van der Waals surface area contributed by atoms with Crippen LogP contribution in [0.1, 0.15) is 58.6 Å². The molecule has 2 aromatic carbocycles. The Labute approximate surface area is 386 Å². The molecule has 6 aliphatic heterocycles. The molecule has 8 rings (SSSR count). The van der Waals surface area contributed by atoms with Crippen LogP contribution in [0.4, 0.5) is 21.0 Å². The van der Waals surface area contributed by atoms with Crippen molar-refractivity contribution in [1.82, 2.24) is 19.6 Å². The monoisotopic (exact) mass is 878 g/mol. The largest absolute Gasteiger partial charge is 1.00 e. The first-order valence-corrected chi connectivity index (χ1v) is 20.5. The molecule has 4 saturated heterocycles. The standard InChI is InChI=1S/C25H31N3O7.C19H21N3O5.Na/c1-14(29)19-18-12-17(15-6-8-16(9-7-15)27-11-10-26(5)24(27)33)20(28(18)21(19)30)22(31)34-13-35-23(32)25(2,3)4;1-10(23)15-14-9-13(16(18(25)26)22(14)17(15)24)11-3-5-12(6-4-11)21-8-7-20(2)19(21)27;/h6-9,14,18-19,29H,10-13H2,1-5H3;3-6,10,14-15,23H,7-9H2,1-2H3,(H,25,26);/q;;+1/p-1/t14-,18-,19-;10-,14-,15-;/m11./s1. The Balaban J connectivity index is 0.000000213. The molecule has 0 radical (unpaired) electrons. The first-order valence-electron chi connectivity index (χ1n) is 20.5. The van der Waals surface area contributed by atoms with Crippen molar-refractivity contribution in [3.63, 3.8) is 0 Å². The van der Waals surface area contributed by atoms with E-state index in [9.17, 15) is 48.9 Å². The molecule has 0 saturated carbocycles. The van der Waals surface area contributed by atoms with Gasteiger partial charge >= 0.3 is 53.6 Å². The van der Waals surface area contributed by atoms with E-state index in [0.29, 0.717) is 61.3 Å². The number of aliphatic hydroxyl groups excluding tert-OH is 2. The number of carbonyl (C=O) groups is 7. The first-order chi connectivity index (χ1) is 29.2. The topological polar surface area (TPSA) is 221 Å². The summed E-state index contributed by atoms with van der Waals surface area (Å²) in [5.74, 6) is -4.62. The summed E-state index contributed by atoms with van der Waals surface area (Å²) >= 11 is 0. The number of β-lactam (4-membered cyclic amide) rings is 2. The fourth-order valence-electron chi connectivity index (χ4n) is 8.91. The van der Waals surface area contributed by atoms with Crippen molar-refractivity contribution in [2.24, 2.45) is 17.3 Å². The van der Waals surface area contributed by atoms with Gasteiger partial charge in [0.25, 0.3) is 0 Å². The minimum atomic E-state index is -1.40. The van der Waals surface area contributed by atoms with Crippen LogP contribution in [0.5, 0.6) is 0 Å². The van der Waals surface area contributed by atoms with E-state index in [4.69, 9.17) is 9.47 Å². The maximum Gasteiger partial charge on any atom is 1.00 e. The number of fused-ring (bicyclic) bond motifs is 2. The number of nitrogens with zero attached hydrogens (tertiary/aromatic N) is 6. The molecular formula is C44H51N6NaO12. The van der Waals surface area contributed by atoms with E-state index in [1.165, 1.54) is 16.7 Å². The molecule has 6 heterocycles. The number of aliphatic carboxylic acids is 1. The van der Waals surface area contributed by atoms with Crippen molar-refractivity contribution >= 4 is 64.3 Å². The Kier molecular flexibility index (Phi) is 13.5. The number of aliphatic hydroxyl groups is 2. The molecule has 6 amide bonds. The zero-order chi connectivity index (χ0) is 45.1. The Morgan fingerprint density at radius 3 is 1.43 bits per heavy atom. The van der Waals surface area contributed by atoms with Gasteiger partial charge in [0.1, 0.15) is 5.70 Å². The van der Waals surface area contributed by atoms with Gasteiger partial charge in [0.05, 0.1) is 53.2 Å². The molecule has 4 fully saturated rings. The number of carboxylic acid groups (broad SMARTS) is 1. The molecular weight excluding hydrogens is 828 g/mol. The Morgan fingerprint density at radius 1 is 0.683 bits per heavy atom. The minimum Gasteiger partial charge on any atom is -0.543 e. The van der Waals surface area contributed by atoms with Crippen molar-refractivity contribution in [3.8, 4) is 0 Å². The van der Waals surface area contributed by atoms with Gasteiger partial charge < -0.3 is 49.2 Å². The van der Waals surface area contributed by atoms with Gasteiger partial charge in [-0.25, -0.2) is 14.4 Å². The van der Waals surface area contributed by atoms with Gasteiger partial charge in [0.2, 0.25) is 18.6 Å². The van der Waals surface area contributed by atoms with Crippen LogP contribution in [0.15, 0.2) is 59.9 Å². The predicted molar refractivity (Wildman–Crippen MR) is 220 cm³/mol. The van der Waals surface area contributed by atoms with Gasteiger partial charge in [-0.3, -0.25) is 24.2 Å². The quantitative estimate of drug-likeness (QED) is 0.122. The number of carbonyl (C=O) groups excluding carboxylic acids is 7.